The van der Waals surface area contributed by atoms with Gasteiger partial charge in [-0.15, -0.1) is 0 Å². The largest absolute Gasteiger partial charge is 0.387 e. The summed E-state index contributed by atoms with van der Waals surface area (Å²) in [4.78, 5) is 2.09. The van der Waals surface area contributed by atoms with Gasteiger partial charge in [-0.2, -0.15) is 0 Å². The molecule has 1 saturated heterocycles. The first kappa shape index (κ1) is 16.4. The molecule has 0 aliphatic carbocycles. The van der Waals surface area contributed by atoms with E-state index >= 15 is 0 Å². The third-order valence-corrected chi connectivity index (χ3v) is 5.12. The molecule has 2 N–H and O–H groups in total. The Hall–Kier alpha value is -1.00. The number of benzene rings is 1. The van der Waals surface area contributed by atoms with E-state index in [9.17, 15) is 5.11 Å². The second-order valence-corrected chi connectivity index (χ2v) is 6.71. The van der Waals surface area contributed by atoms with Crippen LogP contribution in [0.2, 0.25) is 0 Å². The molecule has 0 amide bonds. The fraction of sp³-hybridized carbons (Fsp3) is 0.588. The van der Waals surface area contributed by atoms with Gasteiger partial charge in [0, 0.05) is 11.8 Å². The number of hydrogen-bond donors (Lipinski definition) is 2. The Balaban J connectivity index is 1.88. The van der Waals surface area contributed by atoms with Crippen molar-refractivity contribution in [1.29, 1.82) is 5.41 Å². The van der Waals surface area contributed by atoms with Crippen LogP contribution in [0.1, 0.15) is 50.7 Å². The van der Waals surface area contributed by atoms with Crippen molar-refractivity contribution in [2.24, 2.45) is 0 Å². The number of amidine groups is 1. The van der Waals surface area contributed by atoms with E-state index in [1.807, 2.05) is 30.3 Å². The molecule has 2 unspecified atom stereocenters. The van der Waals surface area contributed by atoms with Gasteiger partial charge < -0.3 is 10.0 Å². The molecule has 1 fully saturated rings. The maximum absolute atomic E-state index is 10.4. The zero-order valence-electron chi connectivity index (χ0n) is 12.8. The van der Waals surface area contributed by atoms with Crippen LogP contribution >= 0.6 is 11.8 Å². The number of nitrogens with zero attached hydrogens (tertiary/aromatic N) is 1. The van der Waals surface area contributed by atoms with E-state index in [4.69, 9.17) is 5.41 Å². The van der Waals surface area contributed by atoms with Crippen LogP contribution in [-0.2, 0) is 0 Å². The van der Waals surface area contributed by atoms with E-state index in [2.05, 4.69) is 11.8 Å². The van der Waals surface area contributed by atoms with E-state index in [0.717, 1.165) is 17.7 Å². The molecule has 2 atom stereocenters. The van der Waals surface area contributed by atoms with Gasteiger partial charge in [-0.05, 0) is 12.0 Å². The van der Waals surface area contributed by atoms with Crippen molar-refractivity contribution in [2.45, 2.75) is 51.2 Å². The van der Waals surface area contributed by atoms with Crippen molar-refractivity contribution in [3.05, 3.63) is 35.9 Å². The molecule has 1 aromatic rings. The molecule has 1 heterocycles. The van der Waals surface area contributed by atoms with Gasteiger partial charge in [0.05, 0.1) is 12.6 Å². The lowest BCUT2D eigenvalue weighted by molar-refractivity contribution is 0.132. The van der Waals surface area contributed by atoms with E-state index in [-0.39, 0.29) is 0 Å². The molecule has 1 aliphatic rings. The van der Waals surface area contributed by atoms with Crippen molar-refractivity contribution in [3.63, 3.8) is 0 Å². The van der Waals surface area contributed by atoms with Crippen molar-refractivity contribution >= 4 is 16.9 Å². The number of β-amino-alcohol motifs (C(OH)–C–C–N with tert-alkyl or cyclic N) is 1. The van der Waals surface area contributed by atoms with Gasteiger partial charge in [0.2, 0.25) is 0 Å². The van der Waals surface area contributed by atoms with Gasteiger partial charge in [0.25, 0.3) is 0 Å². The Bertz CT molecular complexity index is 438. The molecule has 3 nitrogen and oxygen atoms in total. The van der Waals surface area contributed by atoms with Gasteiger partial charge in [-0.1, -0.05) is 74.7 Å². The van der Waals surface area contributed by atoms with Crippen molar-refractivity contribution < 1.29 is 5.11 Å². The van der Waals surface area contributed by atoms with Gasteiger partial charge in [0.1, 0.15) is 0 Å². The summed E-state index contributed by atoms with van der Waals surface area (Å²) in [7, 11) is 0. The standard InChI is InChI=1S/C17H26N2OS/c1-2-3-4-8-11-15-13-21-17(18)19(15)12-16(20)14-9-6-5-7-10-14/h5-7,9-10,15-16,18,20H,2-4,8,11-13H2,1H3. The highest BCUT2D eigenvalue weighted by Crippen LogP contribution is 2.29. The molecule has 0 bridgehead atoms. The molecule has 0 radical (unpaired) electrons. The van der Waals surface area contributed by atoms with E-state index in [1.165, 1.54) is 25.7 Å². The predicted octanol–water partition coefficient (Wildman–Crippen LogP) is 4.04. The Kier molecular flexibility index (Phi) is 6.58. The molecule has 1 aromatic carbocycles. The molecule has 21 heavy (non-hydrogen) atoms. The maximum Gasteiger partial charge on any atom is 0.156 e. The van der Waals surface area contributed by atoms with Crippen LogP contribution in [-0.4, -0.2) is 33.5 Å². The molecule has 2 rings (SSSR count). The number of rotatable bonds is 8. The van der Waals surface area contributed by atoms with Gasteiger partial charge in [0.15, 0.2) is 5.17 Å². The number of thioether (sulfide) groups is 1. The van der Waals surface area contributed by atoms with Gasteiger partial charge in [-0.3, -0.25) is 5.41 Å². The van der Waals surface area contributed by atoms with Crippen LogP contribution in [0.15, 0.2) is 30.3 Å². The van der Waals surface area contributed by atoms with Crippen LogP contribution in [0, 0.1) is 5.41 Å². The third-order valence-electron chi connectivity index (χ3n) is 4.06. The van der Waals surface area contributed by atoms with Crippen LogP contribution in [0.25, 0.3) is 0 Å². The second-order valence-electron chi connectivity index (χ2n) is 5.70. The monoisotopic (exact) mass is 306 g/mol. The number of hydrogen-bond acceptors (Lipinski definition) is 3. The lowest BCUT2D eigenvalue weighted by atomic mass is 10.1. The maximum atomic E-state index is 10.4. The molecular formula is C17H26N2OS. The Morgan fingerprint density at radius 1 is 1.29 bits per heavy atom. The lowest BCUT2D eigenvalue weighted by Gasteiger charge is -2.28. The highest BCUT2D eigenvalue weighted by atomic mass is 32.2. The SMILES string of the molecule is CCCCCCC1CSC(=N)N1CC(O)c1ccccc1. The summed E-state index contributed by atoms with van der Waals surface area (Å²) in [6, 6.07) is 10.2. The first-order valence-electron chi connectivity index (χ1n) is 7.93. The molecule has 116 valence electrons. The first-order valence-corrected chi connectivity index (χ1v) is 8.92. The summed E-state index contributed by atoms with van der Waals surface area (Å²) in [6.07, 6.45) is 5.68. The lowest BCUT2D eigenvalue weighted by Crippen LogP contribution is -2.37. The Morgan fingerprint density at radius 2 is 2.05 bits per heavy atom. The molecule has 0 aromatic heterocycles. The van der Waals surface area contributed by atoms with Gasteiger partial charge >= 0.3 is 0 Å². The first-order chi connectivity index (χ1) is 10.2. The Morgan fingerprint density at radius 3 is 2.76 bits per heavy atom. The zero-order chi connectivity index (χ0) is 15.1. The Labute approximate surface area is 132 Å². The number of nitrogens with one attached hydrogen (secondary N) is 1. The van der Waals surface area contributed by atoms with Crippen molar-refractivity contribution in [1.82, 2.24) is 4.90 Å². The number of unbranched alkanes of at least 4 members (excludes halogenated alkanes) is 3. The third kappa shape index (κ3) is 4.75. The van der Waals surface area contributed by atoms with Crippen LogP contribution < -0.4 is 0 Å². The van der Waals surface area contributed by atoms with Gasteiger partial charge in [-0.25, -0.2) is 0 Å². The van der Waals surface area contributed by atoms with E-state index in [1.54, 1.807) is 11.8 Å². The minimum atomic E-state index is -0.511. The fourth-order valence-corrected chi connectivity index (χ4v) is 3.84. The van der Waals surface area contributed by atoms with Crippen LogP contribution in [0.5, 0.6) is 0 Å². The molecule has 4 heteroatoms. The summed E-state index contributed by atoms with van der Waals surface area (Å²) >= 11 is 1.61. The summed E-state index contributed by atoms with van der Waals surface area (Å²) in [6.45, 7) is 2.76. The summed E-state index contributed by atoms with van der Waals surface area (Å²) in [5, 5.41) is 19.1. The van der Waals surface area contributed by atoms with Crippen LogP contribution in [0.4, 0.5) is 0 Å². The molecular weight excluding hydrogens is 280 g/mol. The minimum Gasteiger partial charge on any atom is -0.387 e. The van der Waals surface area contributed by atoms with Crippen LogP contribution in [0.3, 0.4) is 0 Å². The smallest absolute Gasteiger partial charge is 0.156 e. The van der Waals surface area contributed by atoms with E-state index in [0.29, 0.717) is 17.8 Å². The zero-order valence-corrected chi connectivity index (χ0v) is 13.6. The normalized spacial score (nSPS) is 20.0. The highest BCUT2D eigenvalue weighted by Gasteiger charge is 2.30. The molecule has 0 spiro atoms. The summed E-state index contributed by atoms with van der Waals surface area (Å²) < 4.78 is 0. The summed E-state index contributed by atoms with van der Waals surface area (Å²) in [5.74, 6) is 0.993. The molecule has 1 aliphatic heterocycles. The topological polar surface area (TPSA) is 47.3 Å². The number of aliphatic hydroxyl groups is 1. The predicted molar refractivity (Wildman–Crippen MR) is 90.8 cm³/mol. The second kappa shape index (κ2) is 8.44. The summed E-state index contributed by atoms with van der Waals surface area (Å²) in [5.41, 5.74) is 0.937. The van der Waals surface area contributed by atoms with Crippen molar-refractivity contribution in [2.75, 3.05) is 12.3 Å². The number of aliphatic hydroxyl groups excluding tert-OH is 1. The minimum absolute atomic E-state index is 0.415. The fourth-order valence-electron chi connectivity index (χ4n) is 2.76. The average molecular weight is 306 g/mol. The van der Waals surface area contributed by atoms with E-state index < -0.39 is 6.10 Å². The van der Waals surface area contributed by atoms with Crippen molar-refractivity contribution in [3.8, 4) is 0 Å². The highest BCUT2D eigenvalue weighted by molar-refractivity contribution is 8.14. The average Bonchev–Trinajstić information content (AvgIpc) is 2.85. The molecule has 0 saturated carbocycles. The quantitative estimate of drug-likeness (QED) is 0.713.